The minimum atomic E-state index is -3.58. The Morgan fingerprint density at radius 3 is 2.60 bits per heavy atom. The van der Waals surface area contributed by atoms with Crippen molar-refractivity contribution in [2.24, 2.45) is 11.5 Å². The molecule has 1 amide bonds. The van der Waals surface area contributed by atoms with Crippen LogP contribution < -0.4 is 16.2 Å². The maximum Gasteiger partial charge on any atom is 0.249 e. The summed E-state index contributed by atoms with van der Waals surface area (Å²) in [4.78, 5) is 12.2. The van der Waals surface area contributed by atoms with Gasteiger partial charge >= 0.3 is 0 Å². The summed E-state index contributed by atoms with van der Waals surface area (Å²) in [5.74, 6) is -2.53. The summed E-state index contributed by atoms with van der Waals surface area (Å²) in [5.41, 5.74) is 11.0. The standard InChI is InChI=1S/C24H23ClF2N2O5S/c1-35(31,32)12-33-17-8-7-14(23(29)30)20(22(17)27)19-15-10-24(11-28,13-5-3-2-4-6-13)34-18(15)9-16(26)21(19)25/h2-9,17,22H,10-12,28H2,1H3,(H2,29,30)/t17?,22?,24-/m1/s1. The van der Waals surface area contributed by atoms with Crippen LogP contribution in [0.15, 0.2) is 54.1 Å². The van der Waals surface area contributed by atoms with E-state index in [1.807, 2.05) is 6.07 Å². The Labute approximate surface area is 206 Å². The lowest BCUT2D eigenvalue weighted by Crippen LogP contribution is -2.39. The molecule has 0 fully saturated rings. The normalized spacial score (nSPS) is 23.8. The molecule has 1 heterocycles. The lowest BCUT2D eigenvalue weighted by atomic mass is 9.82. The van der Waals surface area contributed by atoms with Gasteiger partial charge in [-0.2, -0.15) is 0 Å². The third-order valence-electron chi connectivity index (χ3n) is 6.00. The van der Waals surface area contributed by atoms with Crippen LogP contribution in [0.2, 0.25) is 5.02 Å². The second-order valence-corrected chi connectivity index (χ2v) is 11.0. The first-order valence-corrected chi connectivity index (χ1v) is 13.0. The van der Waals surface area contributed by atoms with Gasteiger partial charge in [0.2, 0.25) is 5.91 Å². The van der Waals surface area contributed by atoms with Gasteiger partial charge in [-0.3, -0.25) is 4.79 Å². The van der Waals surface area contributed by atoms with Crippen LogP contribution in [-0.2, 0) is 31.4 Å². The van der Waals surface area contributed by atoms with Crippen molar-refractivity contribution in [1.82, 2.24) is 0 Å². The van der Waals surface area contributed by atoms with E-state index in [1.165, 1.54) is 12.2 Å². The predicted octanol–water partition coefficient (Wildman–Crippen LogP) is 2.80. The third-order valence-corrected chi connectivity index (χ3v) is 6.93. The number of carbonyl (C=O) groups excluding carboxylic acids is 1. The molecule has 7 nitrogen and oxygen atoms in total. The summed E-state index contributed by atoms with van der Waals surface area (Å²) < 4.78 is 65.3. The Kier molecular flexibility index (Phi) is 6.76. The van der Waals surface area contributed by atoms with E-state index in [0.717, 1.165) is 17.9 Å². The molecule has 1 aliphatic carbocycles. The summed E-state index contributed by atoms with van der Waals surface area (Å²) in [5, 5.41) is -0.429. The maximum absolute atomic E-state index is 15.9. The zero-order valence-electron chi connectivity index (χ0n) is 18.6. The number of ether oxygens (including phenoxy) is 2. The lowest BCUT2D eigenvalue weighted by molar-refractivity contribution is -0.114. The van der Waals surface area contributed by atoms with Gasteiger partial charge in [-0.05, 0) is 5.56 Å². The molecular formula is C24H23ClF2N2O5S. The number of nitrogens with two attached hydrogens (primary N) is 2. The number of rotatable bonds is 7. The molecule has 11 heteroatoms. The molecule has 35 heavy (non-hydrogen) atoms. The van der Waals surface area contributed by atoms with E-state index in [0.29, 0.717) is 5.56 Å². The van der Waals surface area contributed by atoms with Crippen molar-refractivity contribution in [3.63, 3.8) is 0 Å². The van der Waals surface area contributed by atoms with Crippen molar-refractivity contribution >= 4 is 32.9 Å². The summed E-state index contributed by atoms with van der Waals surface area (Å²) in [7, 11) is -3.58. The van der Waals surface area contributed by atoms with Crippen LogP contribution in [0.5, 0.6) is 5.75 Å². The Balaban J connectivity index is 1.87. The van der Waals surface area contributed by atoms with E-state index >= 15 is 4.39 Å². The first-order valence-electron chi connectivity index (χ1n) is 10.6. The number of hydrogen-bond acceptors (Lipinski definition) is 6. The SMILES string of the molecule is CS(=O)(=O)COC1C=CC(C(N)=O)=C(c2c(Cl)c(F)cc3c2C[C@@](CN)(c2ccccc2)O3)C1F. The summed E-state index contributed by atoms with van der Waals surface area (Å²) in [6, 6.07) is 10.1. The number of hydrogen-bond donors (Lipinski definition) is 2. The summed E-state index contributed by atoms with van der Waals surface area (Å²) in [6.07, 6.45) is 0.00143. The molecule has 0 aromatic heterocycles. The van der Waals surface area contributed by atoms with Crippen molar-refractivity contribution < 1.29 is 31.5 Å². The highest BCUT2D eigenvalue weighted by atomic mass is 35.5. The lowest BCUT2D eigenvalue weighted by Gasteiger charge is -2.28. The Hall–Kier alpha value is -2.79. The van der Waals surface area contributed by atoms with Gasteiger partial charge in [0.25, 0.3) is 0 Å². The highest BCUT2D eigenvalue weighted by molar-refractivity contribution is 7.90. The molecule has 1 aliphatic heterocycles. The van der Waals surface area contributed by atoms with E-state index in [2.05, 4.69) is 0 Å². The van der Waals surface area contributed by atoms with Crippen molar-refractivity contribution in [3.05, 3.63) is 81.7 Å². The fourth-order valence-corrected chi connectivity index (χ4v) is 5.05. The quantitative estimate of drug-likeness (QED) is 0.574. The van der Waals surface area contributed by atoms with Gasteiger partial charge in [0.05, 0.1) is 5.02 Å². The van der Waals surface area contributed by atoms with Crippen molar-refractivity contribution in [2.75, 3.05) is 18.7 Å². The van der Waals surface area contributed by atoms with E-state index in [1.54, 1.807) is 24.3 Å². The van der Waals surface area contributed by atoms with Gasteiger partial charge in [-0.25, -0.2) is 17.2 Å². The topological polar surface area (TPSA) is 122 Å². The Morgan fingerprint density at radius 1 is 1.31 bits per heavy atom. The van der Waals surface area contributed by atoms with Crippen LogP contribution in [0.3, 0.4) is 0 Å². The zero-order chi connectivity index (χ0) is 25.5. The molecule has 2 aromatic carbocycles. The smallest absolute Gasteiger partial charge is 0.249 e. The van der Waals surface area contributed by atoms with Crippen LogP contribution in [0, 0.1) is 5.82 Å². The molecule has 3 atom stereocenters. The number of primary amides is 1. The minimum Gasteiger partial charge on any atom is -0.480 e. The maximum atomic E-state index is 15.9. The number of carbonyl (C=O) groups is 1. The van der Waals surface area contributed by atoms with E-state index in [4.69, 9.17) is 32.5 Å². The Bertz CT molecular complexity index is 1350. The highest BCUT2D eigenvalue weighted by Crippen LogP contribution is 2.49. The number of fused-ring (bicyclic) bond motifs is 1. The van der Waals surface area contributed by atoms with Crippen LogP contribution >= 0.6 is 11.6 Å². The second kappa shape index (κ2) is 9.34. The number of benzene rings is 2. The molecular weight excluding hydrogens is 502 g/mol. The second-order valence-electron chi connectivity index (χ2n) is 8.49. The number of amides is 1. The van der Waals surface area contributed by atoms with E-state index in [9.17, 15) is 17.6 Å². The van der Waals surface area contributed by atoms with Crippen LogP contribution in [0.25, 0.3) is 5.57 Å². The average molecular weight is 525 g/mol. The number of halogens is 3. The van der Waals surface area contributed by atoms with Gasteiger partial charge in [0.15, 0.2) is 21.6 Å². The fourth-order valence-electron chi connectivity index (χ4n) is 4.38. The molecule has 186 valence electrons. The van der Waals surface area contributed by atoms with E-state index in [-0.39, 0.29) is 35.4 Å². The molecule has 4 rings (SSSR count). The Morgan fingerprint density at radius 2 is 2.00 bits per heavy atom. The van der Waals surface area contributed by atoms with Gasteiger partial charge in [0.1, 0.15) is 23.6 Å². The summed E-state index contributed by atoms with van der Waals surface area (Å²) in [6.45, 7) is 0.0190. The first-order chi connectivity index (χ1) is 16.5. The van der Waals surface area contributed by atoms with Gasteiger partial charge < -0.3 is 20.9 Å². The molecule has 0 saturated heterocycles. The molecule has 2 unspecified atom stereocenters. The summed E-state index contributed by atoms with van der Waals surface area (Å²) >= 11 is 6.35. The third kappa shape index (κ3) is 4.71. The first kappa shape index (κ1) is 25.3. The van der Waals surface area contributed by atoms with Crippen molar-refractivity contribution in [2.45, 2.75) is 24.3 Å². The molecule has 4 N–H and O–H groups in total. The minimum absolute atomic E-state index is 0.0190. The molecule has 0 bridgehead atoms. The van der Waals surface area contributed by atoms with Gasteiger partial charge in [-0.1, -0.05) is 54.1 Å². The predicted molar refractivity (Wildman–Crippen MR) is 128 cm³/mol. The molecule has 0 saturated carbocycles. The molecule has 0 radical (unpaired) electrons. The number of sulfone groups is 1. The zero-order valence-corrected chi connectivity index (χ0v) is 20.2. The number of alkyl halides is 1. The van der Waals surface area contributed by atoms with E-state index < -0.39 is 50.4 Å². The molecule has 2 aromatic rings. The fraction of sp³-hybridized carbons (Fsp3) is 0.292. The monoisotopic (exact) mass is 524 g/mol. The van der Waals surface area contributed by atoms with Crippen LogP contribution in [-0.4, -0.2) is 45.3 Å². The van der Waals surface area contributed by atoms with Crippen molar-refractivity contribution in [1.29, 1.82) is 0 Å². The van der Waals surface area contributed by atoms with Crippen LogP contribution in [0.1, 0.15) is 16.7 Å². The van der Waals surface area contributed by atoms with Gasteiger partial charge in [-0.15, -0.1) is 0 Å². The molecule has 2 aliphatic rings. The van der Waals surface area contributed by atoms with Crippen molar-refractivity contribution in [3.8, 4) is 5.75 Å². The molecule has 0 spiro atoms. The highest BCUT2D eigenvalue weighted by Gasteiger charge is 2.44. The average Bonchev–Trinajstić information content (AvgIpc) is 3.18. The van der Waals surface area contributed by atoms with Crippen LogP contribution in [0.4, 0.5) is 8.78 Å². The largest absolute Gasteiger partial charge is 0.480 e. The van der Waals surface area contributed by atoms with Gasteiger partial charge in [0, 0.05) is 47.6 Å².